The molecule has 0 aromatic rings. The molecule has 0 aromatic heterocycles. The van der Waals surface area contributed by atoms with Crippen LogP contribution in [0.2, 0.25) is 0 Å². The monoisotopic (exact) mass is 324 g/mol. The van der Waals surface area contributed by atoms with Gasteiger partial charge in [0.1, 0.15) is 0 Å². The van der Waals surface area contributed by atoms with Gasteiger partial charge >= 0.3 is 6.03 Å². The summed E-state index contributed by atoms with van der Waals surface area (Å²) < 4.78 is 5.32. The summed E-state index contributed by atoms with van der Waals surface area (Å²) in [4.78, 5) is 32.7. The van der Waals surface area contributed by atoms with Crippen molar-refractivity contribution in [2.45, 2.75) is 31.8 Å². The van der Waals surface area contributed by atoms with Crippen LogP contribution >= 0.6 is 0 Å². The van der Waals surface area contributed by atoms with Crippen molar-refractivity contribution >= 4 is 11.9 Å². The summed E-state index contributed by atoms with van der Waals surface area (Å²) >= 11 is 0. The van der Waals surface area contributed by atoms with Crippen LogP contribution in [0.1, 0.15) is 19.8 Å². The molecule has 0 radical (unpaired) electrons. The van der Waals surface area contributed by atoms with E-state index in [1.807, 2.05) is 23.8 Å². The third kappa shape index (κ3) is 3.45. The zero-order valence-electron chi connectivity index (χ0n) is 14.2. The summed E-state index contributed by atoms with van der Waals surface area (Å²) in [6, 6.07) is 0.404. The number of hydrogen-bond acceptors (Lipinski definition) is 4. The maximum Gasteiger partial charge on any atom is 0.320 e. The topological polar surface area (TPSA) is 56.3 Å². The molecule has 0 aliphatic carbocycles. The molecule has 3 aliphatic heterocycles. The first kappa shape index (κ1) is 16.5. The number of piperidine rings is 1. The van der Waals surface area contributed by atoms with Crippen LogP contribution in [0, 0.1) is 0 Å². The van der Waals surface area contributed by atoms with Gasteiger partial charge in [-0.15, -0.1) is 0 Å². The lowest BCUT2D eigenvalue weighted by Crippen LogP contribution is -2.54. The zero-order chi connectivity index (χ0) is 16.4. The van der Waals surface area contributed by atoms with Crippen LogP contribution in [0.3, 0.4) is 0 Å². The number of amides is 3. The van der Waals surface area contributed by atoms with Crippen molar-refractivity contribution in [1.29, 1.82) is 0 Å². The average molecular weight is 324 g/mol. The fraction of sp³-hybridized carbons (Fsp3) is 0.875. The Labute approximate surface area is 138 Å². The predicted molar refractivity (Wildman–Crippen MR) is 86.2 cm³/mol. The van der Waals surface area contributed by atoms with E-state index in [0.717, 1.165) is 39.0 Å². The maximum absolute atomic E-state index is 12.6. The number of morpholine rings is 1. The predicted octanol–water partition coefficient (Wildman–Crippen LogP) is 0.0655. The van der Waals surface area contributed by atoms with Crippen molar-refractivity contribution in [2.75, 3.05) is 59.5 Å². The first-order chi connectivity index (χ1) is 11.1. The third-order valence-corrected chi connectivity index (χ3v) is 5.42. The minimum atomic E-state index is -0.0778. The van der Waals surface area contributed by atoms with E-state index in [2.05, 4.69) is 4.90 Å². The van der Waals surface area contributed by atoms with Gasteiger partial charge in [0, 0.05) is 52.4 Å². The second-order valence-electron chi connectivity index (χ2n) is 6.78. The largest absolute Gasteiger partial charge is 0.378 e. The molecule has 0 spiro atoms. The summed E-state index contributed by atoms with van der Waals surface area (Å²) in [5.74, 6) is 0.212. The SMILES string of the molecule is C[C@@H](C(=O)N1CCOCC1)N1CCC(N2CCN(C)C2=O)CC1. The van der Waals surface area contributed by atoms with E-state index in [-0.39, 0.29) is 18.0 Å². The van der Waals surface area contributed by atoms with Gasteiger partial charge in [-0.25, -0.2) is 4.79 Å². The van der Waals surface area contributed by atoms with Crippen molar-refractivity contribution in [3.8, 4) is 0 Å². The maximum atomic E-state index is 12.6. The number of hydrogen-bond donors (Lipinski definition) is 0. The van der Waals surface area contributed by atoms with Gasteiger partial charge < -0.3 is 19.4 Å². The molecule has 3 amide bonds. The first-order valence-electron chi connectivity index (χ1n) is 8.70. The smallest absolute Gasteiger partial charge is 0.320 e. The summed E-state index contributed by atoms with van der Waals surface area (Å²) in [6.07, 6.45) is 1.92. The van der Waals surface area contributed by atoms with E-state index in [1.165, 1.54) is 0 Å². The third-order valence-electron chi connectivity index (χ3n) is 5.42. The molecular formula is C16H28N4O3. The molecule has 130 valence electrons. The van der Waals surface area contributed by atoms with Gasteiger partial charge in [0.15, 0.2) is 0 Å². The normalized spacial score (nSPS) is 26.0. The molecule has 0 saturated carbocycles. The number of rotatable bonds is 3. The zero-order valence-corrected chi connectivity index (χ0v) is 14.2. The molecule has 1 atom stereocenters. The summed E-state index contributed by atoms with van der Waals surface area (Å²) in [7, 11) is 1.86. The van der Waals surface area contributed by atoms with Gasteiger partial charge in [0.2, 0.25) is 5.91 Å². The van der Waals surface area contributed by atoms with Gasteiger partial charge in [-0.2, -0.15) is 0 Å². The van der Waals surface area contributed by atoms with Crippen LogP contribution in [0.5, 0.6) is 0 Å². The molecular weight excluding hydrogens is 296 g/mol. The molecule has 7 heteroatoms. The Bertz CT molecular complexity index is 445. The molecule has 23 heavy (non-hydrogen) atoms. The van der Waals surface area contributed by atoms with Crippen molar-refractivity contribution in [2.24, 2.45) is 0 Å². The van der Waals surface area contributed by atoms with Crippen molar-refractivity contribution in [3.63, 3.8) is 0 Å². The number of likely N-dealkylation sites (tertiary alicyclic amines) is 1. The highest BCUT2D eigenvalue weighted by molar-refractivity contribution is 5.81. The Morgan fingerprint density at radius 2 is 1.74 bits per heavy atom. The lowest BCUT2D eigenvalue weighted by Gasteiger charge is -2.40. The van der Waals surface area contributed by atoms with Crippen molar-refractivity contribution < 1.29 is 14.3 Å². The summed E-state index contributed by atoms with van der Waals surface area (Å²) in [5.41, 5.74) is 0. The Morgan fingerprint density at radius 1 is 1.09 bits per heavy atom. The molecule has 3 heterocycles. The van der Waals surface area contributed by atoms with Gasteiger partial charge in [0.25, 0.3) is 0 Å². The minimum absolute atomic E-state index is 0.0778. The highest BCUT2D eigenvalue weighted by Gasteiger charge is 2.36. The van der Waals surface area contributed by atoms with Crippen LogP contribution in [-0.2, 0) is 9.53 Å². The lowest BCUT2D eigenvalue weighted by atomic mass is 10.0. The van der Waals surface area contributed by atoms with E-state index >= 15 is 0 Å². The van der Waals surface area contributed by atoms with Gasteiger partial charge in [-0.3, -0.25) is 9.69 Å². The van der Waals surface area contributed by atoms with Crippen LogP contribution in [0.25, 0.3) is 0 Å². The molecule has 0 aromatic carbocycles. The first-order valence-corrected chi connectivity index (χ1v) is 8.70. The highest BCUT2D eigenvalue weighted by atomic mass is 16.5. The van der Waals surface area contributed by atoms with E-state index in [4.69, 9.17) is 4.74 Å². The van der Waals surface area contributed by atoms with Crippen LogP contribution in [-0.4, -0.2) is 103 Å². The molecule has 3 aliphatic rings. The fourth-order valence-corrected chi connectivity index (χ4v) is 3.80. The fourth-order valence-electron chi connectivity index (χ4n) is 3.80. The van der Waals surface area contributed by atoms with E-state index in [1.54, 1.807) is 4.90 Å². The Kier molecular flexibility index (Phi) is 5.06. The molecule has 3 saturated heterocycles. The van der Waals surface area contributed by atoms with E-state index < -0.39 is 0 Å². The number of ether oxygens (including phenoxy) is 1. The number of carbonyl (C=O) groups excluding carboxylic acids is 2. The van der Waals surface area contributed by atoms with Crippen LogP contribution in [0.15, 0.2) is 0 Å². The number of urea groups is 1. The second-order valence-corrected chi connectivity index (χ2v) is 6.78. The van der Waals surface area contributed by atoms with Crippen LogP contribution in [0.4, 0.5) is 4.79 Å². The Balaban J connectivity index is 1.50. The number of likely N-dealkylation sites (N-methyl/N-ethyl adjacent to an activating group) is 1. The molecule has 7 nitrogen and oxygen atoms in total. The Morgan fingerprint density at radius 3 is 2.30 bits per heavy atom. The highest BCUT2D eigenvalue weighted by Crippen LogP contribution is 2.22. The molecule has 3 fully saturated rings. The Hall–Kier alpha value is -1.34. The van der Waals surface area contributed by atoms with Gasteiger partial charge in [0.05, 0.1) is 19.3 Å². The summed E-state index contributed by atoms with van der Waals surface area (Å²) in [5, 5.41) is 0. The molecule has 3 rings (SSSR count). The van der Waals surface area contributed by atoms with Crippen LogP contribution < -0.4 is 0 Å². The minimum Gasteiger partial charge on any atom is -0.378 e. The van der Waals surface area contributed by atoms with E-state index in [0.29, 0.717) is 32.3 Å². The number of nitrogens with zero attached hydrogens (tertiary/aromatic N) is 4. The summed E-state index contributed by atoms with van der Waals surface area (Å²) in [6.45, 7) is 8.13. The van der Waals surface area contributed by atoms with E-state index in [9.17, 15) is 9.59 Å². The quantitative estimate of drug-likeness (QED) is 0.737. The average Bonchev–Trinajstić information content (AvgIpc) is 2.94. The molecule has 0 unspecified atom stereocenters. The van der Waals surface area contributed by atoms with Crippen molar-refractivity contribution in [3.05, 3.63) is 0 Å². The number of carbonyl (C=O) groups is 2. The lowest BCUT2D eigenvalue weighted by molar-refractivity contribution is -0.141. The van der Waals surface area contributed by atoms with Crippen molar-refractivity contribution in [1.82, 2.24) is 19.6 Å². The molecule has 0 bridgehead atoms. The molecule has 0 N–H and O–H groups in total. The van der Waals surface area contributed by atoms with Gasteiger partial charge in [-0.05, 0) is 19.8 Å². The standard InChI is InChI=1S/C16H28N4O3/c1-13(15(21)19-9-11-23-12-10-19)18-5-3-14(4-6-18)20-8-7-17(2)16(20)22/h13-14H,3-12H2,1-2H3/t13-/m0/s1. The second kappa shape index (κ2) is 7.05. The van der Waals surface area contributed by atoms with Gasteiger partial charge in [-0.1, -0.05) is 0 Å².